The van der Waals surface area contributed by atoms with E-state index < -0.39 is 0 Å². The number of anilines is 1. The molecule has 100 valence electrons. The molecule has 0 unspecified atom stereocenters. The Morgan fingerprint density at radius 3 is 2.94 bits per heavy atom. The van der Waals surface area contributed by atoms with Gasteiger partial charge in [0.1, 0.15) is 0 Å². The SMILES string of the molecule is CCn1ccnc(NCCCC2CCCC2)c1=O. The number of hydrogen-bond acceptors (Lipinski definition) is 3. The average Bonchev–Trinajstić information content (AvgIpc) is 2.89. The van der Waals surface area contributed by atoms with Crippen LogP contribution in [0.25, 0.3) is 0 Å². The van der Waals surface area contributed by atoms with Gasteiger partial charge in [0.05, 0.1) is 0 Å². The van der Waals surface area contributed by atoms with Crippen LogP contribution in [0.3, 0.4) is 0 Å². The Bertz CT molecular complexity index is 421. The average molecular weight is 249 g/mol. The predicted octanol–water partition coefficient (Wildman–Crippen LogP) is 2.65. The summed E-state index contributed by atoms with van der Waals surface area (Å²) in [4.78, 5) is 16.0. The van der Waals surface area contributed by atoms with Gasteiger partial charge in [-0.3, -0.25) is 4.79 Å². The molecule has 1 fully saturated rings. The van der Waals surface area contributed by atoms with E-state index in [1.807, 2.05) is 6.92 Å². The predicted molar refractivity (Wildman–Crippen MR) is 73.9 cm³/mol. The molecule has 1 aromatic rings. The van der Waals surface area contributed by atoms with Gasteiger partial charge in [-0.25, -0.2) is 4.98 Å². The fourth-order valence-electron chi connectivity index (χ4n) is 2.71. The van der Waals surface area contributed by atoms with Gasteiger partial charge in [-0.2, -0.15) is 0 Å². The third kappa shape index (κ3) is 3.34. The van der Waals surface area contributed by atoms with Crippen LogP contribution in [0.4, 0.5) is 5.82 Å². The fourth-order valence-corrected chi connectivity index (χ4v) is 2.71. The molecular weight excluding hydrogens is 226 g/mol. The molecule has 18 heavy (non-hydrogen) atoms. The standard InChI is InChI=1S/C14H23N3O/c1-2-17-11-10-16-13(14(17)18)15-9-5-8-12-6-3-4-7-12/h10-12H,2-9H2,1H3,(H,15,16). The Kier molecular flexibility index (Phi) is 4.79. The molecule has 1 aromatic heterocycles. The topological polar surface area (TPSA) is 46.9 Å². The Hall–Kier alpha value is -1.32. The molecule has 0 spiro atoms. The van der Waals surface area contributed by atoms with Crippen molar-refractivity contribution in [3.63, 3.8) is 0 Å². The summed E-state index contributed by atoms with van der Waals surface area (Å²) in [5, 5.41) is 3.17. The van der Waals surface area contributed by atoms with Crippen molar-refractivity contribution in [2.24, 2.45) is 5.92 Å². The Morgan fingerprint density at radius 2 is 2.22 bits per heavy atom. The monoisotopic (exact) mass is 249 g/mol. The molecule has 0 radical (unpaired) electrons. The summed E-state index contributed by atoms with van der Waals surface area (Å²) >= 11 is 0. The summed E-state index contributed by atoms with van der Waals surface area (Å²) < 4.78 is 1.67. The third-order valence-electron chi connectivity index (χ3n) is 3.81. The first-order valence-corrected chi connectivity index (χ1v) is 7.10. The second-order valence-electron chi connectivity index (χ2n) is 5.09. The number of aryl methyl sites for hydroxylation is 1. The van der Waals surface area contributed by atoms with Crippen LogP contribution in [0, 0.1) is 5.92 Å². The number of nitrogens with zero attached hydrogens (tertiary/aromatic N) is 2. The van der Waals surface area contributed by atoms with Crippen molar-refractivity contribution in [2.75, 3.05) is 11.9 Å². The molecule has 4 nitrogen and oxygen atoms in total. The zero-order valence-electron chi connectivity index (χ0n) is 11.2. The fraction of sp³-hybridized carbons (Fsp3) is 0.714. The highest BCUT2D eigenvalue weighted by Gasteiger charge is 2.14. The summed E-state index contributed by atoms with van der Waals surface area (Å²) in [5.41, 5.74) is -0.0131. The number of aromatic nitrogens is 2. The molecule has 1 heterocycles. The van der Waals surface area contributed by atoms with Crippen molar-refractivity contribution < 1.29 is 0 Å². The summed E-state index contributed by atoms with van der Waals surface area (Å²) in [7, 11) is 0. The van der Waals surface area contributed by atoms with E-state index in [0.717, 1.165) is 18.9 Å². The second-order valence-corrected chi connectivity index (χ2v) is 5.09. The van der Waals surface area contributed by atoms with E-state index in [1.54, 1.807) is 17.0 Å². The van der Waals surface area contributed by atoms with E-state index >= 15 is 0 Å². The van der Waals surface area contributed by atoms with Crippen LogP contribution in [0.5, 0.6) is 0 Å². The van der Waals surface area contributed by atoms with Crippen molar-refractivity contribution >= 4 is 5.82 Å². The van der Waals surface area contributed by atoms with Crippen LogP contribution >= 0.6 is 0 Å². The molecule has 0 aliphatic heterocycles. The van der Waals surface area contributed by atoms with Gasteiger partial charge < -0.3 is 9.88 Å². The molecule has 0 saturated heterocycles. The highest BCUT2D eigenvalue weighted by molar-refractivity contribution is 5.30. The maximum absolute atomic E-state index is 11.9. The first-order valence-electron chi connectivity index (χ1n) is 7.10. The maximum Gasteiger partial charge on any atom is 0.293 e. The molecule has 0 amide bonds. The summed E-state index contributed by atoms with van der Waals surface area (Å²) in [6, 6.07) is 0. The lowest BCUT2D eigenvalue weighted by atomic mass is 10.0. The quantitative estimate of drug-likeness (QED) is 0.788. The van der Waals surface area contributed by atoms with Crippen LogP contribution in [0.1, 0.15) is 45.4 Å². The van der Waals surface area contributed by atoms with Crippen LogP contribution in [-0.2, 0) is 6.54 Å². The van der Waals surface area contributed by atoms with Crippen molar-refractivity contribution in [2.45, 2.75) is 52.0 Å². The van der Waals surface area contributed by atoms with E-state index in [2.05, 4.69) is 10.3 Å². The summed E-state index contributed by atoms with van der Waals surface area (Å²) in [6.07, 6.45) is 11.4. The molecule has 1 saturated carbocycles. The molecule has 0 atom stereocenters. The van der Waals surface area contributed by atoms with Gasteiger partial charge in [0.25, 0.3) is 5.56 Å². The van der Waals surface area contributed by atoms with Gasteiger partial charge in [-0.1, -0.05) is 25.7 Å². The lowest BCUT2D eigenvalue weighted by molar-refractivity contribution is 0.491. The number of rotatable bonds is 6. The van der Waals surface area contributed by atoms with Gasteiger partial charge >= 0.3 is 0 Å². The largest absolute Gasteiger partial charge is 0.365 e. The number of hydrogen-bond donors (Lipinski definition) is 1. The van der Waals surface area contributed by atoms with Gasteiger partial charge in [-0.15, -0.1) is 0 Å². The van der Waals surface area contributed by atoms with Gasteiger partial charge in [0.2, 0.25) is 0 Å². The van der Waals surface area contributed by atoms with E-state index in [1.165, 1.54) is 32.1 Å². The van der Waals surface area contributed by atoms with Crippen LogP contribution in [0.15, 0.2) is 17.2 Å². The lowest BCUT2D eigenvalue weighted by Crippen LogP contribution is -2.24. The summed E-state index contributed by atoms with van der Waals surface area (Å²) in [5.74, 6) is 1.41. The third-order valence-corrected chi connectivity index (χ3v) is 3.81. The highest BCUT2D eigenvalue weighted by Crippen LogP contribution is 2.28. The van der Waals surface area contributed by atoms with Crippen LogP contribution < -0.4 is 10.9 Å². The van der Waals surface area contributed by atoms with E-state index in [0.29, 0.717) is 12.4 Å². The van der Waals surface area contributed by atoms with E-state index in [4.69, 9.17) is 0 Å². The minimum Gasteiger partial charge on any atom is -0.365 e. The molecule has 4 heteroatoms. The molecule has 2 rings (SSSR count). The Morgan fingerprint density at radius 1 is 1.44 bits per heavy atom. The van der Waals surface area contributed by atoms with E-state index in [9.17, 15) is 4.79 Å². The van der Waals surface area contributed by atoms with Gasteiger partial charge in [0, 0.05) is 25.5 Å². The zero-order chi connectivity index (χ0) is 12.8. The van der Waals surface area contributed by atoms with Crippen molar-refractivity contribution in [1.29, 1.82) is 0 Å². The normalized spacial score (nSPS) is 16.1. The molecular formula is C14H23N3O. The first kappa shape index (κ1) is 13.1. The van der Waals surface area contributed by atoms with Gasteiger partial charge in [0.15, 0.2) is 5.82 Å². The van der Waals surface area contributed by atoms with Crippen LogP contribution in [0.2, 0.25) is 0 Å². The molecule has 0 bridgehead atoms. The molecule has 1 N–H and O–H groups in total. The molecule has 0 aromatic carbocycles. The number of nitrogens with one attached hydrogen (secondary N) is 1. The second kappa shape index (κ2) is 6.57. The van der Waals surface area contributed by atoms with Crippen molar-refractivity contribution in [1.82, 2.24) is 9.55 Å². The van der Waals surface area contributed by atoms with Gasteiger partial charge in [-0.05, 0) is 25.7 Å². The first-order chi connectivity index (χ1) is 8.81. The molecule has 1 aliphatic rings. The van der Waals surface area contributed by atoms with Crippen molar-refractivity contribution in [3.8, 4) is 0 Å². The highest BCUT2D eigenvalue weighted by atomic mass is 16.1. The lowest BCUT2D eigenvalue weighted by Gasteiger charge is -2.10. The van der Waals surface area contributed by atoms with Crippen molar-refractivity contribution in [3.05, 3.63) is 22.7 Å². The smallest absolute Gasteiger partial charge is 0.293 e. The Balaban J connectivity index is 1.77. The Labute approximate surface area is 108 Å². The summed E-state index contributed by atoms with van der Waals surface area (Å²) in [6.45, 7) is 3.51. The maximum atomic E-state index is 11.9. The van der Waals surface area contributed by atoms with E-state index in [-0.39, 0.29) is 5.56 Å². The van der Waals surface area contributed by atoms with Crippen LogP contribution in [-0.4, -0.2) is 16.1 Å². The molecule has 1 aliphatic carbocycles. The minimum atomic E-state index is -0.0131. The minimum absolute atomic E-state index is 0.0131. The zero-order valence-corrected chi connectivity index (χ0v) is 11.2.